The molecular weight excluding hydrogens is 222 g/mol. The molecule has 1 heterocycles. The summed E-state index contributed by atoms with van der Waals surface area (Å²) in [6.45, 7) is 0. The third-order valence-corrected chi connectivity index (χ3v) is 4.44. The average molecular weight is 231 g/mol. The van der Waals surface area contributed by atoms with Crippen LogP contribution in [0.1, 0.15) is 12.8 Å². The zero-order chi connectivity index (χ0) is 10.1. The van der Waals surface area contributed by atoms with E-state index in [2.05, 4.69) is 10.2 Å². The Kier molecular flexibility index (Phi) is 2.60. The molecule has 3 N–H and O–H groups in total. The molecule has 7 heteroatoms. The van der Waals surface area contributed by atoms with Gasteiger partial charge in [0.15, 0.2) is 4.34 Å². The molecular formula is C7H9N3O2S2. The SMILES string of the molecule is Nc1nnc(SC2CCC2C(=O)O)s1. The lowest BCUT2D eigenvalue weighted by Crippen LogP contribution is -2.35. The molecule has 1 saturated carbocycles. The van der Waals surface area contributed by atoms with Crippen molar-refractivity contribution in [1.82, 2.24) is 10.2 Å². The smallest absolute Gasteiger partial charge is 0.307 e. The van der Waals surface area contributed by atoms with Crippen LogP contribution in [0, 0.1) is 5.92 Å². The van der Waals surface area contributed by atoms with Gasteiger partial charge in [0.25, 0.3) is 0 Å². The Morgan fingerprint density at radius 3 is 2.79 bits per heavy atom. The maximum Gasteiger partial charge on any atom is 0.307 e. The van der Waals surface area contributed by atoms with E-state index in [9.17, 15) is 4.79 Å². The summed E-state index contributed by atoms with van der Waals surface area (Å²) in [5.74, 6) is -0.948. The van der Waals surface area contributed by atoms with Crippen LogP contribution in [0.15, 0.2) is 4.34 Å². The highest BCUT2D eigenvalue weighted by molar-refractivity contribution is 8.01. The first-order valence-corrected chi connectivity index (χ1v) is 5.85. The van der Waals surface area contributed by atoms with Crippen molar-refractivity contribution in [3.05, 3.63) is 0 Å². The van der Waals surface area contributed by atoms with Gasteiger partial charge < -0.3 is 10.8 Å². The van der Waals surface area contributed by atoms with Gasteiger partial charge in [0.1, 0.15) is 0 Å². The molecule has 1 fully saturated rings. The van der Waals surface area contributed by atoms with E-state index < -0.39 is 5.97 Å². The first-order chi connectivity index (χ1) is 6.66. The minimum atomic E-state index is -0.716. The molecule has 14 heavy (non-hydrogen) atoms. The molecule has 0 aliphatic heterocycles. The highest BCUT2D eigenvalue weighted by Gasteiger charge is 2.37. The number of carbonyl (C=O) groups is 1. The number of aliphatic carboxylic acids is 1. The Bertz CT molecular complexity index is 354. The molecule has 0 saturated heterocycles. The van der Waals surface area contributed by atoms with Crippen LogP contribution in [-0.2, 0) is 4.79 Å². The summed E-state index contributed by atoms with van der Waals surface area (Å²) in [7, 11) is 0. The molecule has 0 bridgehead atoms. The first kappa shape index (κ1) is 9.72. The van der Waals surface area contributed by atoms with Gasteiger partial charge in [-0.25, -0.2) is 0 Å². The predicted molar refractivity (Wildman–Crippen MR) is 54.3 cm³/mol. The molecule has 1 aromatic rings. The number of carboxylic acid groups (broad SMARTS) is 1. The molecule has 2 rings (SSSR count). The summed E-state index contributed by atoms with van der Waals surface area (Å²) in [5, 5.41) is 16.9. The fraction of sp³-hybridized carbons (Fsp3) is 0.571. The fourth-order valence-electron chi connectivity index (χ4n) is 1.29. The molecule has 0 radical (unpaired) electrons. The van der Waals surface area contributed by atoms with E-state index in [4.69, 9.17) is 10.8 Å². The lowest BCUT2D eigenvalue weighted by molar-refractivity contribution is -0.144. The number of hydrogen-bond donors (Lipinski definition) is 2. The minimum Gasteiger partial charge on any atom is -0.481 e. The third-order valence-electron chi connectivity index (χ3n) is 2.20. The quantitative estimate of drug-likeness (QED) is 0.809. The van der Waals surface area contributed by atoms with Gasteiger partial charge in [-0.05, 0) is 12.8 Å². The number of carboxylic acids is 1. The lowest BCUT2D eigenvalue weighted by atomic mass is 9.85. The largest absolute Gasteiger partial charge is 0.481 e. The van der Waals surface area contributed by atoms with E-state index in [1.165, 1.54) is 23.1 Å². The Morgan fingerprint density at radius 1 is 1.57 bits per heavy atom. The van der Waals surface area contributed by atoms with Crippen molar-refractivity contribution in [2.24, 2.45) is 5.92 Å². The van der Waals surface area contributed by atoms with Crippen LogP contribution in [0.5, 0.6) is 0 Å². The van der Waals surface area contributed by atoms with E-state index in [1.54, 1.807) is 0 Å². The summed E-state index contributed by atoms with van der Waals surface area (Å²) < 4.78 is 0.762. The normalized spacial score (nSPS) is 25.7. The number of thioether (sulfide) groups is 1. The molecule has 1 aromatic heterocycles. The second-order valence-electron chi connectivity index (χ2n) is 3.08. The van der Waals surface area contributed by atoms with Gasteiger partial charge >= 0.3 is 5.97 Å². The van der Waals surface area contributed by atoms with Gasteiger partial charge in [-0.2, -0.15) is 0 Å². The Labute approximate surface area is 88.7 Å². The molecule has 0 amide bonds. The summed E-state index contributed by atoms with van der Waals surface area (Å²) >= 11 is 2.78. The van der Waals surface area contributed by atoms with E-state index in [0.717, 1.165) is 17.2 Å². The molecule has 1 aliphatic carbocycles. The van der Waals surface area contributed by atoms with Crippen molar-refractivity contribution in [1.29, 1.82) is 0 Å². The van der Waals surface area contributed by atoms with Gasteiger partial charge in [0, 0.05) is 5.25 Å². The molecule has 5 nitrogen and oxygen atoms in total. The number of hydrogen-bond acceptors (Lipinski definition) is 6. The molecule has 0 aromatic carbocycles. The Morgan fingerprint density at radius 2 is 2.36 bits per heavy atom. The zero-order valence-corrected chi connectivity index (χ0v) is 8.85. The lowest BCUT2D eigenvalue weighted by Gasteiger charge is -2.31. The number of anilines is 1. The number of aromatic nitrogens is 2. The van der Waals surface area contributed by atoms with Crippen molar-refractivity contribution in [2.45, 2.75) is 22.4 Å². The first-order valence-electron chi connectivity index (χ1n) is 4.15. The van der Waals surface area contributed by atoms with Crippen LogP contribution >= 0.6 is 23.1 Å². The Balaban J connectivity index is 1.95. The van der Waals surface area contributed by atoms with Crippen LogP contribution in [0.2, 0.25) is 0 Å². The van der Waals surface area contributed by atoms with Crippen LogP contribution in [0.25, 0.3) is 0 Å². The third kappa shape index (κ3) is 1.83. The van der Waals surface area contributed by atoms with Crippen molar-refractivity contribution >= 4 is 34.2 Å². The molecule has 0 spiro atoms. The summed E-state index contributed by atoms with van der Waals surface area (Å²) in [6, 6.07) is 0. The van der Waals surface area contributed by atoms with Gasteiger partial charge in [-0.15, -0.1) is 10.2 Å². The highest BCUT2D eigenvalue weighted by atomic mass is 32.2. The van der Waals surface area contributed by atoms with E-state index in [-0.39, 0.29) is 11.2 Å². The minimum absolute atomic E-state index is 0.139. The number of rotatable bonds is 3. The molecule has 2 unspecified atom stereocenters. The summed E-state index contributed by atoms with van der Waals surface area (Å²) in [6.07, 6.45) is 1.70. The summed E-state index contributed by atoms with van der Waals surface area (Å²) in [5.41, 5.74) is 5.42. The number of nitrogen functional groups attached to an aromatic ring is 1. The standard InChI is InChI=1S/C7H9N3O2S2/c8-6-9-10-7(14-6)13-4-2-1-3(4)5(11)12/h3-4H,1-2H2,(H2,8,9)(H,11,12). The maximum atomic E-state index is 10.7. The van der Waals surface area contributed by atoms with Gasteiger partial charge in [0.05, 0.1) is 5.92 Å². The van der Waals surface area contributed by atoms with Gasteiger partial charge in [-0.3, -0.25) is 4.79 Å². The molecule has 76 valence electrons. The highest BCUT2D eigenvalue weighted by Crippen LogP contribution is 2.42. The molecule has 1 aliphatic rings. The van der Waals surface area contributed by atoms with E-state index in [1.807, 2.05) is 0 Å². The van der Waals surface area contributed by atoms with Crippen molar-refractivity contribution in [3.8, 4) is 0 Å². The van der Waals surface area contributed by atoms with Crippen LogP contribution in [0.3, 0.4) is 0 Å². The topological polar surface area (TPSA) is 89.1 Å². The maximum absolute atomic E-state index is 10.7. The number of nitrogens with zero attached hydrogens (tertiary/aromatic N) is 2. The Hall–Kier alpha value is -0.820. The van der Waals surface area contributed by atoms with Crippen LogP contribution in [-0.4, -0.2) is 26.5 Å². The molecule has 2 atom stereocenters. The van der Waals surface area contributed by atoms with Crippen LogP contribution < -0.4 is 5.73 Å². The van der Waals surface area contributed by atoms with Crippen molar-refractivity contribution < 1.29 is 9.90 Å². The summed E-state index contributed by atoms with van der Waals surface area (Å²) in [4.78, 5) is 10.7. The van der Waals surface area contributed by atoms with E-state index in [0.29, 0.717) is 5.13 Å². The predicted octanol–water partition coefficient (Wildman–Crippen LogP) is 1.08. The fourth-order valence-corrected chi connectivity index (χ4v) is 3.47. The van der Waals surface area contributed by atoms with E-state index >= 15 is 0 Å². The zero-order valence-electron chi connectivity index (χ0n) is 7.21. The average Bonchev–Trinajstić information content (AvgIpc) is 2.44. The van der Waals surface area contributed by atoms with Crippen LogP contribution in [0.4, 0.5) is 5.13 Å². The van der Waals surface area contributed by atoms with Crippen molar-refractivity contribution in [2.75, 3.05) is 5.73 Å². The van der Waals surface area contributed by atoms with Gasteiger partial charge in [0.2, 0.25) is 5.13 Å². The second kappa shape index (κ2) is 3.74. The second-order valence-corrected chi connectivity index (χ2v) is 5.58. The van der Waals surface area contributed by atoms with Gasteiger partial charge in [-0.1, -0.05) is 23.1 Å². The number of nitrogens with two attached hydrogens (primary N) is 1. The monoisotopic (exact) mass is 231 g/mol. The van der Waals surface area contributed by atoms with Crippen molar-refractivity contribution in [3.63, 3.8) is 0 Å².